The smallest absolute Gasteiger partial charge is 0.227 e. The van der Waals surface area contributed by atoms with Gasteiger partial charge in [-0.3, -0.25) is 0 Å². The number of hydrogen-bond donors (Lipinski definition) is 0. The van der Waals surface area contributed by atoms with Crippen molar-refractivity contribution in [1.29, 1.82) is 0 Å². The second-order valence-electron chi connectivity index (χ2n) is 11.4. The summed E-state index contributed by atoms with van der Waals surface area (Å²) < 4.78 is 48.4. The molecular weight excluding hydrogens is 428 g/mol. The monoisotopic (exact) mass is 468 g/mol. The molecule has 35 heavy (non-hydrogen) atoms. The van der Waals surface area contributed by atoms with Gasteiger partial charge >= 0.3 is 0 Å². The Morgan fingerprint density at radius 1 is 1.03 bits per heavy atom. The maximum atomic E-state index is 8.33. The number of benzene rings is 2. The first-order chi connectivity index (χ1) is 18.5. The Hall–Kier alpha value is -3.20. The van der Waals surface area contributed by atoms with Gasteiger partial charge in [-0.25, -0.2) is 9.55 Å². The van der Waals surface area contributed by atoms with Gasteiger partial charge in [-0.05, 0) is 65.3 Å². The van der Waals surface area contributed by atoms with Crippen LogP contribution in [0.4, 0.5) is 0 Å². The number of nitrogens with zero attached hydrogens (tertiary/aromatic N) is 2. The van der Waals surface area contributed by atoms with Crippen LogP contribution in [0.1, 0.15) is 76.5 Å². The SMILES string of the molecule is [2H]C([2H])([2H])C([2H])([2H])c1cc[n+](C)c(-c2c(C)ccc3c2oc2nc4c5c(ccc4cc23)C(C)(C)CCC5(C)C)c1. The summed E-state index contributed by atoms with van der Waals surface area (Å²) in [4.78, 5) is 5.16. The molecule has 0 fully saturated rings. The van der Waals surface area contributed by atoms with Crippen LogP contribution in [0.5, 0.6) is 0 Å². The lowest BCUT2D eigenvalue weighted by atomic mass is 9.62. The van der Waals surface area contributed by atoms with Crippen LogP contribution in [-0.2, 0) is 24.3 Å². The molecule has 3 heteroatoms. The van der Waals surface area contributed by atoms with E-state index in [-0.39, 0.29) is 16.4 Å². The average molecular weight is 469 g/mol. The fraction of sp³-hybridized carbons (Fsp3) is 0.375. The summed E-state index contributed by atoms with van der Waals surface area (Å²) in [5.74, 6) is 0. The second kappa shape index (κ2) is 7.40. The first-order valence-electron chi connectivity index (χ1n) is 14.8. The fourth-order valence-electron chi connectivity index (χ4n) is 5.94. The number of hydrogen-bond acceptors (Lipinski definition) is 2. The molecule has 0 unspecified atom stereocenters. The molecule has 0 spiro atoms. The van der Waals surface area contributed by atoms with E-state index in [4.69, 9.17) is 16.3 Å². The van der Waals surface area contributed by atoms with E-state index in [1.54, 1.807) is 12.3 Å². The van der Waals surface area contributed by atoms with Crippen molar-refractivity contribution in [3.05, 3.63) is 70.9 Å². The molecule has 0 atom stereocenters. The van der Waals surface area contributed by atoms with Gasteiger partial charge in [0.05, 0.1) is 11.1 Å². The van der Waals surface area contributed by atoms with Crippen LogP contribution in [0.2, 0.25) is 0 Å². The lowest BCUT2D eigenvalue weighted by Gasteiger charge is -2.42. The quantitative estimate of drug-likeness (QED) is 0.247. The Morgan fingerprint density at radius 2 is 1.83 bits per heavy atom. The molecule has 178 valence electrons. The van der Waals surface area contributed by atoms with Gasteiger partial charge in [0.2, 0.25) is 11.4 Å². The van der Waals surface area contributed by atoms with Crippen molar-refractivity contribution >= 4 is 33.0 Å². The molecule has 0 aliphatic heterocycles. The van der Waals surface area contributed by atoms with Crippen molar-refractivity contribution in [3.63, 3.8) is 0 Å². The lowest BCUT2D eigenvalue weighted by Crippen LogP contribution is -2.34. The molecule has 3 aromatic heterocycles. The summed E-state index contributed by atoms with van der Waals surface area (Å²) in [6.07, 6.45) is 1.43. The lowest BCUT2D eigenvalue weighted by molar-refractivity contribution is -0.660. The molecule has 1 aliphatic carbocycles. The highest BCUT2D eigenvalue weighted by atomic mass is 16.3. The van der Waals surface area contributed by atoms with E-state index in [1.807, 2.05) is 30.7 Å². The van der Waals surface area contributed by atoms with Crippen LogP contribution in [0.3, 0.4) is 0 Å². The van der Waals surface area contributed by atoms with Crippen LogP contribution < -0.4 is 4.57 Å². The highest BCUT2D eigenvalue weighted by Crippen LogP contribution is 2.48. The Kier molecular flexibility index (Phi) is 3.65. The second-order valence-corrected chi connectivity index (χ2v) is 11.4. The van der Waals surface area contributed by atoms with Gasteiger partial charge in [0, 0.05) is 35.1 Å². The molecule has 5 aromatic rings. The number of fused-ring (bicyclic) bond motifs is 6. The van der Waals surface area contributed by atoms with E-state index >= 15 is 0 Å². The number of rotatable bonds is 2. The summed E-state index contributed by atoms with van der Waals surface area (Å²) in [5, 5.41) is 2.93. The number of aromatic nitrogens is 2. The normalized spacial score (nSPS) is 19.7. The van der Waals surface area contributed by atoms with Gasteiger partial charge in [-0.15, -0.1) is 0 Å². The molecule has 0 N–H and O–H groups in total. The summed E-state index contributed by atoms with van der Waals surface area (Å²) in [7, 11) is 1.87. The third-order valence-corrected chi connectivity index (χ3v) is 8.14. The topological polar surface area (TPSA) is 29.9 Å². The summed E-state index contributed by atoms with van der Waals surface area (Å²) >= 11 is 0. The average Bonchev–Trinajstić information content (AvgIpc) is 3.22. The maximum absolute atomic E-state index is 8.33. The molecule has 0 saturated carbocycles. The molecule has 6 rings (SSSR count). The minimum Gasteiger partial charge on any atom is -0.437 e. The van der Waals surface area contributed by atoms with Crippen molar-refractivity contribution in [1.82, 2.24) is 4.98 Å². The van der Waals surface area contributed by atoms with Crippen LogP contribution in [-0.4, -0.2) is 4.98 Å². The molecule has 0 bridgehead atoms. The highest BCUT2D eigenvalue weighted by molar-refractivity contribution is 6.11. The largest absolute Gasteiger partial charge is 0.437 e. The van der Waals surface area contributed by atoms with Gasteiger partial charge < -0.3 is 4.42 Å². The summed E-state index contributed by atoms with van der Waals surface area (Å²) in [5.41, 5.74) is 7.46. The molecule has 2 aromatic carbocycles. The number of pyridine rings is 2. The van der Waals surface area contributed by atoms with Crippen LogP contribution >= 0.6 is 0 Å². The van der Waals surface area contributed by atoms with Gasteiger partial charge in [0.25, 0.3) is 0 Å². The number of aryl methyl sites for hydroxylation is 3. The van der Waals surface area contributed by atoms with E-state index in [1.165, 1.54) is 17.2 Å². The predicted molar refractivity (Wildman–Crippen MR) is 145 cm³/mol. The first kappa shape index (κ1) is 17.3. The van der Waals surface area contributed by atoms with E-state index in [9.17, 15) is 0 Å². The Balaban J connectivity index is 1.64. The van der Waals surface area contributed by atoms with E-state index in [0.29, 0.717) is 17.0 Å². The zero-order valence-electron chi connectivity index (χ0n) is 26.3. The van der Waals surface area contributed by atoms with E-state index < -0.39 is 13.2 Å². The highest BCUT2D eigenvalue weighted by Gasteiger charge is 2.38. The van der Waals surface area contributed by atoms with Gasteiger partial charge in [0.15, 0.2) is 11.8 Å². The molecule has 3 heterocycles. The third-order valence-electron chi connectivity index (χ3n) is 8.14. The summed E-state index contributed by atoms with van der Waals surface area (Å²) in [6, 6.07) is 13.9. The summed E-state index contributed by atoms with van der Waals surface area (Å²) in [6.45, 7) is 8.41. The Bertz CT molecular complexity index is 1850. The number of furan rings is 1. The Morgan fingerprint density at radius 3 is 2.63 bits per heavy atom. The molecule has 0 amide bonds. The molecular formula is C32H35N2O+. The van der Waals surface area contributed by atoms with Crippen molar-refractivity contribution in [2.45, 2.75) is 71.5 Å². The fourth-order valence-corrected chi connectivity index (χ4v) is 5.94. The van der Waals surface area contributed by atoms with Crippen LogP contribution in [0.25, 0.3) is 44.2 Å². The van der Waals surface area contributed by atoms with Crippen LogP contribution in [0, 0.1) is 6.92 Å². The standard InChI is InChI=1S/C32H35N2O/c1-8-20-13-16-34(7)25(17-20)26-19(2)9-11-22-23-18-21-10-12-24-27(28(21)33-30(23)35-29(22)26)32(5,6)15-14-31(24,3)4/h9-13,16-18H,8,14-15H2,1-7H3/q+1/i1D3,8D2. The van der Waals surface area contributed by atoms with Crippen molar-refractivity contribution in [2.24, 2.45) is 7.05 Å². The van der Waals surface area contributed by atoms with Crippen molar-refractivity contribution < 1.29 is 15.8 Å². The Labute approximate surface area is 214 Å². The van der Waals surface area contributed by atoms with E-state index in [0.717, 1.165) is 45.6 Å². The molecule has 0 saturated heterocycles. The molecule has 1 aliphatic rings. The van der Waals surface area contributed by atoms with Gasteiger partial charge in [-0.1, -0.05) is 58.8 Å². The maximum Gasteiger partial charge on any atom is 0.227 e. The van der Waals surface area contributed by atoms with Crippen LogP contribution in [0.15, 0.2) is 53.1 Å². The van der Waals surface area contributed by atoms with E-state index in [2.05, 4.69) is 45.9 Å². The zero-order chi connectivity index (χ0) is 29.0. The van der Waals surface area contributed by atoms with Crippen molar-refractivity contribution in [2.75, 3.05) is 0 Å². The van der Waals surface area contributed by atoms with Gasteiger partial charge in [0.1, 0.15) is 7.05 Å². The minimum atomic E-state index is -2.80. The predicted octanol–water partition coefficient (Wildman–Crippen LogP) is 7.85. The third kappa shape index (κ3) is 3.24. The van der Waals surface area contributed by atoms with Crippen molar-refractivity contribution in [3.8, 4) is 11.3 Å². The molecule has 0 radical (unpaired) electrons. The first-order valence-corrected chi connectivity index (χ1v) is 12.3. The minimum absolute atomic E-state index is 0.00518. The van der Waals surface area contributed by atoms with Gasteiger partial charge in [-0.2, -0.15) is 0 Å². The molecule has 3 nitrogen and oxygen atoms in total. The zero-order valence-corrected chi connectivity index (χ0v) is 21.3.